The Morgan fingerprint density at radius 3 is 2.41 bits per heavy atom. The highest BCUT2D eigenvalue weighted by Crippen LogP contribution is 2.55. The van der Waals surface area contributed by atoms with Gasteiger partial charge in [-0.25, -0.2) is 4.98 Å². The third-order valence-electron chi connectivity index (χ3n) is 6.44. The molecule has 1 aliphatic heterocycles. The minimum atomic E-state index is -1.06. The monoisotopic (exact) mass is 467 g/mol. The number of hydrogen-bond donors (Lipinski definition) is 2. The van der Waals surface area contributed by atoms with Gasteiger partial charge in [-0.3, -0.25) is 4.79 Å². The van der Waals surface area contributed by atoms with Crippen molar-refractivity contribution in [3.05, 3.63) is 58.8 Å². The molecule has 2 aromatic heterocycles. The zero-order chi connectivity index (χ0) is 24.2. The number of benzene rings is 1. The second kappa shape index (κ2) is 7.82. The zero-order valence-corrected chi connectivity index (χ0v) is 18.9. The van der Waals surface area contributed by atoms with Crippen molar-refractivity contribution in [1.29, 1.82) is 0 Å². The van der Waals surface area contributed by atoms with Crippen LogP contribution in [-0.4, -0.2) is 30.1 Å². The van der Waals surface area contributed by atoms with E-state index in [2.05, 4.69) is 15.3 Å². The van der Waals surface area contributed by atoms with E-state index in [1.165, 1.54) is 14.2 Å². The van der Waals surface area contributed by atoms with Crippen molar-refractivity contribution in [2.45, 2.75) is 31.7 Å². The van der Waals surface area contributed by atoms with E-state index in [4.69, 9.17) is 15.2 Å². The van der Waals surface area contributed by atoms with Crippen molar-refractivity contribution in [3.63, 3.8) is 0 Å². The second-order valence-corrected chi connectivity index (χ2v) is 8.47. The normalized spacial score (nSPS) is 15.8. The number of carbonyl (C=O) groups excluding carboxylic acids is 1. The molecule has 0 bridgehead atoms. The fraction of sp³-hybridized carbons (Fsp3) is 0.292. The Hall–Kier alpha value is -3.95. The molecule has 1 spiro atoms. The Bertz CT molecular complexity index is 1280. The number of halogens is 2. The summed E-state index contributed by atoms with van der Waals surface area (Å²) in [6, 6.07) is 7.41. The van der Waals surface area contributed by atoms with Crippen LogP contribution >= 0.6 is 0 Å². The van der Waals surface area contributed by atoms with Crippen LogP contribution in [0.15, 0.2) is 30.5 Å². The molecule has 0 radical (unpaired) electrons. The number of nitrogen functional groups attached to an aromatic ring is 1. The first-order valence-electron chi connectivity index (χ1n) is 10.7. The van der Waals surface area contributed by atoms with Gasteiger partial charge in [0.1, 0.15) is 11.5 Å². The first-order valence-corrected chi connectivity index (χ1v) is 10.7. The molecule has 1 aromatic carbocycles. The van der Waals surface area contributed by atoms with Crippen molar-refractivity contribution in [2.24, 2.45) is 0 Å². The molecule has 1 aliphatic carbocycles. The predicted molar refractivity (Wildman–Crippen MR) is 122 cm³/mol. The van der Waals surface area contributed by atoms with Gasteiger partial charge < -0.3 is 25.4 Å². The van der Waals surface area contributed by atoms with Gasteiger partial charge in [-0.1, -0.05) is 12.1 Å². The largest absolute Gasteiger partial charge is 0.479 e. The zero-order valence-electron chi connectivity index (χ0n) is 18.9. The summed E-state index contributed by atoms with van der Waals surface area (Å²) in [5.74, 6) is -2.88. The number of amides is 1. The smallest absolute Gasteiger partial charge is 0.255 e. The third kappa shape index (κ3) is 3.20. The Balaban J connectivity index is 1.57. The number of pyridine rings is 2. The van der Waals surface area contributed by atoms with E-state index in [1.807, 2.05) is 25.1 Å². The summed E-state index contributed by atoms with van der Waals surface area (Å²) in [5.41, 5.74) is 8.47. The van der Waals surface area contributed by atoms with Gasteiger partial charge in [-0.05, 0) is 48.6 Å². The van der Waals surface area contributed by atoms with E-state index in [0.717, 1.165) is 21.7 Å². The lowest BCUT2D eigenvalue weighted by Gasteiger charge is -2.35. The summed E-state index contributed by atoms with van der Waals surface area (Å²) in [4.78, 5) is 22.8. The van der Waals surface area contributed by atoms with E-state index in [-0.39, 0.29) is 12.5 Å². The number of para-hydroxylation sites is 1. The van der Waals surface area contributed by atoms with E-state index in [1.54, 1.807) is 12.3 Å². The van der Waals surface area contributed by atoms with Gasteiger partial charge in [0.05, 0.1) is 37.6 Å². The molecule has 1 saturated carbocycles. The van der Waals surface area contributed by atoms with E-state index in [0.29, 0.717) is 29.9 Å². The lowest BCUT2D eigenvalue weighted by Crippen LogP contribution is -2.45. The molecule has 176 valence electrons. The van der Waals surface area contributed by atoms with Crippen molar-refractivity contribution in [2.75, 3.05) is 30.2 Å². The maximum Gasteiger partial charge on any atom is 0.255 e. The SMILES string of the molecule is COc1nc(OC)c(F)c(N2Cc3cnc(Nc4c(C)cccc4N)cc3C3(CC3)C2=O)c1F. The fourth-order valence-electron chi connectivity index (χ4n) is 4.51. The molecule has 0 atom stereocenters. The van der Waals surface area contributed by atoms with Crippen molar-refractivity contribution in [3.8, 4) is 11.8 Å². The van der Waals surface area contributed by atoms with Crippen molar-refractivity contribution >= 4 is 28.8 Å². The highest BCUT2D eigenvalue weighted by Gasteiger charge is 2.57. The average Bonchev–Trinajstić information content (AvgIpc) is 3.62. The number of ether oxygens (including phenoxy) is 2. The number of aromatic nitrogens is 2. The molecular weight excluding hydrogens is 444 g/mol. The van der Waals surface area contributed by atoms with Crippen LogP contribution in [0.3, 0.4) is 0 Å². The number of rotatable bonds is 5. The van der Waals surface area contributed by atoms with E-state index >= 15 is 8.78 Å². The van der Waals surface area contributed by atoms with Gasteiger partial charge in [-0.15, -0.1) is 0 Å². The van der Waals surface area contributed by atoms with Gasteiger partial charge in [0.2, 0.25) is 17.5 Å². The summed E-state index contributed by atoms with van der Waals surface area (Å²) in [7, 11) is 2.42. The Morgan fingerprint density at radius 1 is 1.15 bits per heavy atom. The second-order valence-electron chi connectivity index (χ2n) is 8.47. The maximum absolute atomic E-state index is 15.1. The Labute approximate surface area is 194 Å². The molecule has 0 unspecified atom stereocenters. The molecule has 34 heavy (non-hydrogen) atoms. The molecular formula is C24H23F2N5O3. The summed E-state index contributed by atoms with van der Waals surface area (Å²) in [6.07, 6.45) is 2.75. The molecule has 2 aliphatic rings. The van der Waals surface area contributed by atoms with Crippen LogP contribution in [0.1, 0.15) is 29.5 Å². The van der Waals surface area contributed by atoms with Crippen LogP contribution in [-0.2, 0) is 16.8 Å². The molecule has 3 N–H and O–H groups in total. The first-order chi connectivity index (χ1) is 16.3. The van der Waals surface area contributed by atoms with Gasteiger partial charge >= 0.3 is 0 Å². The lowest BCUT2D eigenvalue weighted by atomic mass is 9.86. The number of nitrogens with one attached hydrogen (secondary N) is 1. The first kappa shape index (κ1) is 21.9. The Kier molecular flexibility index (Phi) is 5.03. The van der Waals surface area contributed by atoms with E-state index in [9.17, 15) is 4.79 Å². The number of hydrogen-bond acceptors (Lipinski definition) is 7. The van der Waals surface area contributed by atoms with Crippen LogP contribution in [0.4, 0.5) is 31.7 Å². The number of anilines is 4. The van der Waals surface area contributed by atoms with Crippen molar-refractivity contribution < 1.29 is 23.0 Å². The maximum atomic E-state index is 15.1. The summed E-state index contributed by atoms with van der Waals surface area (Å²) in [6.45, 7) is 1.88. The number of nitrogens with zero attached hydrogens (tertiary/aromatic N) is 3. The van der Waals surface area contributed by atoms with Gasteiger partial charge in [-0.2, -0.15) is 13.8 Å². The standard InChI is InChI=1S/C24H23F2N5O3/c1-12-5-4-6-15(27)19(12)29-16-9-14-13(10-28-16)11-31(23(32)24(14)7-8-24)20-17(25)21(33-2)30-22(34-3)18(20)26/h4-6,9-10H,7-8,11,27H2,1-3H3,(H,28,29). The summed E-state index contributed by atoms with van der Waals surface area (Å²) >= 11 is 0. The van der Waals surface area contributed by atoms with Crippen molar-refractivity contribution in [1.82, 2.24) is 9.97 Å². The highest BCUT2D eigenvalue weighted by molar-refractivity contribution is 6.05. The minimum Gasteiger partial charge on any atom is -0.479 e. The molecule has 3 aromatic rings. The quantitative estimate of drug-likeness (QED) is 0.547. The van der Waals surface area contributed by atoms with Crippen LogP contribution in [0.25, 0.3) is 0 Å². The highest BCUT2D eigenvalue weighted by atomic mass is 19.1. The number of nitrogens with two attached hydrogens (primary N) is 1. The molecule has 1 amide bonds. The van der Waals surface area contributed by atoms with Gasteiger partial charge in [0.15, 0.2) is 0 Å². The molecule has 8 nitrogen and oxygen atoms in total. The number of fused-ring (bicyclic) bond motifs is 2. The van der Waals surface area contributed by atoms with Crippen LogP contribution in [0, 0.1) is 18.6 Å². The fourth-order valence-corrected chi connectivity index (χ4v) is 4.51. The molecule has 3 heterocycles. The number of aryl methyl sites for hydroxylation is 1. The Morgan fingerprint density at radius 2 is 1.82 bits per heavy atom. The number of methoxy groups -OCH3 is 2. The third-order valence-corrected chi connectivity index (χ3v) is 6.44. The van der Waals surface area contributed by atoms with Gasteiger partial charge in [0.25, 0.3) is 11.8 Å². The van der Waals surface area contributed by atoms with Crippen LogP contribution in [0.5, 0.6) is 11.8 Å². The summed E-state index contributed by atoms with van der Waals surface area (Å²) in [5, 5.41) is 3.24. The van der Waals surface area contributed by atoms with Gasteiger partial charge in [0, 0.05) is 6.20 Å². The number of carbonyl (C=O) groups is 1. The summed E-state index contributed by atoms with van der Waals surface area (Å²) < 4.78 is 40.1. The van der Waals surface area contributed by atoms with Crippen LogP contribution < -0.4 is 25.4 Å². The topological polar surface area (TPSA) is 103 Å². The van der Waals surface area contributed by atoms with E-state index < -0.39 is 34.5 Å². The molecule has 0 saturated heterocycles. The molecule has 1 fully saturated rings. The minimum absolute atomic E-state index is 0.0557. The lowest BCUT2D eigenvalue weighted by molar-refractivity contribution is -0.121. The predicted octanol–water partition coefficient (Wildman–Crippen LogP) is 3.98. The average molecular weight is 467 g/mol. The molecule has 5 rings (SSSR count). The van der Waals surface area contributed by atoms with Crippen LogP contribution in [0.2, 0.25) is 0 Å². The molecule has 10 heteroatoms.